The Bertz CT molecular complexity index is 612. The summed E-state index contributed by atoms with van der Waals surface area (Å²) in [5.41, 5.74) is 0.588. The first kappa shape index (κ1) is 11.2. The Labute approximate surface area is 104 Å². The van der Waals surface area contributed by atoms with Crippen molar-refractivity contribution >= 4 is 16.9 Å². The first-order valence-corrected chi connectivity index (χ1v) is 5.89. The molecule has 0 aliphatic heterocycles. The molecule has 3 rings (SSSR count). The number of hydrogen-bond acceptors (Lipinski definition) is 3. The number of carbonyl (C=O) groups is 1. The number of para-hydroxylation sites is 1. The summed E-state index contributed by atoms with van der Waals surface area (Å²) < 4.78 is 0. The zero-order chi connectivity index (χ0) is 12.8. The van der Waals surface area contributed by atoms with Gasteiger partial charge in [0.25, 0.3) is 0 Å². The van der Waals surface area contributed by atoms with Gasteiger partial charge in [0.2, 0.25) is 0 Å². The lowest BCUT2D eigenvalue weighted by Gasteiger charge is -2.42. The molecule has 0 spiro atoms. The van der Waals surface area contributed by atoms with Gasteiger partial charge in [0.05, 0.1) is 17.0 Å². The molecular weight excluding hydrogens is 230 g/mol. The third kappa shape index (κ3) is 1.42. The lowest BCUT2D eigenvalue weighted by molar-refractivity contribution is -0.152. The van der Waals surface area contributed by atoms with E-state index >= 15 is 0 Å². The summed E-state index contributed by atoms with van der Waals surface area (Å²) in [6.45, 7) is 0. The smallest absolute Gasteiger partial charge is 0.314 e. The molecule has 18 heavy (non-hydrogen) atoms. The number of nitrogens with zero attached hydrogens (tertiary/aromatic N) is 1. The van der Waals surface area contributed by atoms with Crippen molar-refractivity contribution in [1.82, 2.24) is 4.98 Å². The van der Waals surface area contributed by atoms with Gasteiger partial charge in [-0.15, -0.1) is 0 Å². The molecule has 2 N–H and O–H groups in total. The molecule has 0 bridgehead atoms. The highest BCUT2D eigenvalue weighted by Crippen LogP contribution is 2.46. The third-order valence-corrected chi connectivity index (χ3v) is 3.74. The SMILES string of the molecule is O=C(O)C1(c2ccnc3ccccc23)CC(O)C1. The van der Waals surface area contributed by atoms with Crippen LogP contribution < -0.4 is 0 Å². The van der Waals surface area contributed by atoms with E-state index in [2.05, 4.69) is 4.98 Å². The van der Waals surface area contributed by atoms with Gasteiger partial charge >= 0.3 is 5.97 Å². The van der Waals surface area contributed by atoms with Gasteiger partial charge in [0.1, 0.15) is 0 Å². The molecule has 4 nitrogen and oxygen atoms in total. The lowest BCUT2D eigenvalue weighted by Crippen LogP contribution is -2.50. The van der Waals surface area contributed by atoms with E-state index in [0.29, 0.717) is 0 Å². The summed E-state index contributed by atoms with van der Waals surface area (Å²) in [6, 6.07) is 9.25. The highest BCUT2D eigenvalue weighted by molar-refractivity contribution is 5.92. The number of carboxylic acid groups (broad SMARTS) is 1. The fourth-order valence-electron chi connectivity index (χ4n) is 2.77. The topological polar surface area (TPSA) is 70.4 Å². The molecule has 1 aliphatic carbocycles. The van der Waals surface area contributed by atoms with Gasteiger partial charge in [-0.25, -0.2) is 0 Å². The van der Waals surface area contributed by atoms with Gasteiger partial charge in [-0.1, -0.05) is 18.2 Å². The maximum absolute atomic E-state index is 11.6. The molecule has 1 fully saturated rings. The van der Waals surface area contributed by atoms with Gasteiger partial charge in [-0.2, -0.15) is 0 Å². The Morgan fingerprint density at radius 3 is 2.67 bits per heavy atom. The second-order valence-corrected chi connectivity index (χ2v) is 4.82. The maximum Gasteiger partial charge on any atom is 0.314 e. The fraction of sp³-hybridized carbons (Fsp3) is 0.286. The second-order valence-electron chi connectivity index (χ2n) is 4.82. The number of fused-ring (bicyclic) bond motifs is 1. The van der Waals surface area contributed by atoms with E-state index in [4.69, 9.17) is 0 Å². The van der Waals surface area contributed by atoms with Crippen LogP contribution in [0.15, 0.2) is 36.5 Å². The number of hydrogen-bond donors (Lipinski definition) is 2. The van der Waals surface area contributed by atoms with Crippen molar-refractivity contribution in [3.63, 3.8) is 0 Å². The van der Waals surface area contributed by atoms with Crippen LogP contribution in [0.25, 0.3) is 10.9 Å². The number of benzene rings is 1. The van der Waals surface area contributed by atoms with E-state index in [1.807, 2.05) is 24.3 Å². The molecule has 2 aromatic rings. The second kappa shape index (κ2) is 3.78. The van der Waals surface area contributed by atoms with Crippen LogP contribution in [0.4, 0.5) is 0 Å². The number of aromatic nitrogens is 1. The van der Waals surface area contributed by atoms with Crippen LogP contribution in [0.5, 0.6) is 0 Å². The van der Waals surface area contributed by atoms with Crippen molar-refractivity contribution < 1.29 is 15.0 Å². The molecule has 1 aromatic carbocycles. The van der Waals surface area contributed by atoms with Crippen LogP contribution in [0, 0.1) is 0 Å². The Balaban J connectivity index is 2.22. The van der Waals surface area contributed by atoms with E-state index in [0.717, 1.165) is 16.5 Å². The molecule has 1 aromatic heterocycles. The number of aliphatic carboxylic acids is 1. The highest BCUT2D eigenvalue weighted by Gasteiger charge is 2.52. The van der Waals surface area contributed by atoms with Crippen molar-refractivity contribution in [2.45, 2.75) is 24.4 Å². The van der Waals surface area contributed by atoms with Gasteiger partial charge in [-0.05, 0) is 30.5 Å². The summed E-state index contributed by atoms with van der Waals surface area (Å²) in [4.78, 5) is 15.8. The van der Waals surface area contributed by atoms with Crippen LogP contribution in [0.3, 0.4) is 0 Å². The summed E-state index contributed by atoms with van der Waals surface area (Å²) in [5, 5.41) is 19.8. The summed E-state index contributed by atoms with van der Waals surface area (Å²) >= 11 is 0. The zero-order valence-electron chi connectivity index (χ0n) is 9.71. The summed E-state index contributed by atoms with van der Waals surface area (Å²) in [5.74, 6) is -0.871. The number of aliphatic hydroxyl groups excluding tert-OH is 1. The molecule has 1 aliphatic rings. The Morgan fingerprint density at radius 2 is 2.00 bits per heavy atom. The minimum atomic E-state index is -0.956. The zero-order valence-corrected chi connectivity index (χ0v) is 9.71. The molecule has 92 valence electrons. The van der Waals surface area contributed by atoms with E-state index in [-0.39, 0.29) is 12.8 Å². The standard InChI is InChI=1S/C14H13NO3/c16-9-7-14(8-9,13(17)18)11-5-6-15-12-4-2-1-3-10(11)12/h1-6,9,16H,7-8H2,(H,17,18). The van der Waals surface area contributed by atoms with Crippen molar-refractivity contribution in [3.8, 4) is 0 Å². The number of aliphatic hydroxyl groups is 1. The van der Waals surface area contributed by atoms with Gasteiger partial charge in [-0.3, -0.25) is 9.78 Å². The normalized spacial score (nSPS) is 26.8. The first-order valence-electron chi connectivity index (χ1n) is 5.89. The van der Waals surface area contributed by atoms with E-state index in [9.17, 15) is 15.0 Å². The predicted molar refractivity (Wildman–Crippen MR) is 66.3 cm³/mol. The molecule has 0 radical (unpaired) electrons. The lowest BCUT2D eigenvalue weighted by atomic mass is 9.62. The van der Waals surface area contributed by atoms with Crippen molar-refractivity contribution in [3.05, 3.63) is 42.1 Å². The van der Waals surface area contributed by atoms with Crippen LogP contribution in [-0.4, -0.2) is 27.3 Å². The third-order valence-electron chi connectivity index (χ3n) is 3.74. The summed E-state index contributed by atoms with van der Waals surface area (Å²) in [7, 11) is 0. The average Bonchev–Trinajstić information content (AvgIpc) is 2.34. The van der Waals surface area contributed by atoms with E-state index in [1.54, 1.807) is 12.3 Å². The minimum Gasteiger partial charge on any atom is -0.481 e. The fourth-order valence-corrected chi connectivity index (χ4v) is 2.77. The van der Waals surface area contributed by atoms with Crippen molar-refractivity contribution in [2.75, 3.05) is 0 Å². The summed E-state index contributed by atoms with van der Waals surface area (Å²) in [6.07, 6.45) is 1.66. The monoisotopic (exact) mass is 243 g/mol. The van der Waals surface area contributed by atoms with Crippen LogP contribution in [0.2, 0.25) is 0 Å². The molecule has 0 amide bonds. The molecule has 0 unspecified atom stereocenters. The van der Waals surface area contributed by atoms with E-state index < -0.39 is 17.5 Å². The van der Waals surface area contributed by atoms with Gasteiger partial charge in [0, 0.05) is 11.6 Å². The van der Waals surface area contributed by atoms with Crippen LogP contribution in [-0.2, 0) is 10.2 Å². The van der Waals surface area contributed by atoms with Crippen LogP contribution >= 0.6 is 0 Å². The average molecular weight is 243 g/mol. The minimum absolute atomic E-state index is 0.274. The Kier molecular flexibility index (Phi) is 2.35. The predicted octanol–water partition coefficient (Wildman–Crippen LogP) is 1.71. The Hall–Kier alpha value is -1.94. The van der Waals surface area contributed by atoms with Crippen LogP contribution in [0.1, 0.15) is 18.4 Å². The van der Waals surface area contributed by atoms with Gasteiger partial charge < -0.3 is 10.2 Å². The highest BCUT2D eigenvalue weighted by atomic mass is 16.4. The van der Waals surface area contributed by atoms with Gasteiger partial charge in [0.15, 0.2) is 0 Å². The molecule has 1 saturated carbocycles. The number of carboxylic acids is 1. The maximum atomic E-state index is 11.6. The number of pyridine rings is 1. The van der Waals surface area contributed by atoms with E-state index in [1.165, 1.54) is 0 Å². The molecule has 0 saturated heterocycles. The van der Waals surface area contributed by atoms with Crippen molar-refractivity contribution in [1.29, 1.82) is 0 Å². The van der Waals surface area contributed by atoms with Crippen molar-refractivity contribution in [2.24, 2.45) is 0 Å². The molecule has 1 heterocycles. The molecule has 0 atom stereocenters. The molecular formula is C14H13NO3. The first-order chi connectivity index (χ1) is 8.63. The number of rotatable bonds is 2. The molecule has 4 heteroatoms. The Morgan fingerprint density at radius 1 is 1.28 bits per heavy atom. The largest absolute Gasteiger partial charge is 0.481 e. The quantitative estimate of drug-likeness (QED) is 0.842.